The summed E-state index contributed by atoms with van der Waals surface area (Å²) in [5.41, 5.74) is 0.371. The largest absolute Gasteiger partial charge is 0.460 e. The second-order valence-electron chi connectivity index (χ2n) is 10.1. The summed E-state index contributed by atoms with van der Waals surface area (Å²) >= 11 is 0. The fraction of sp³-hybridized carbons (Fsp3) is 0.909. The molecule has 0 unspecified atom stereocenters. The highest BCUT2D eigenvalue weighted by molar-refractivity contribution is 5.86. The zero-order valence-corrected chi connectivity index (χ0v) is 28.8. The molecule has 13 heteroatoms. The van der Waals surface area contributed by atoms with Crippen LogP contribution in [0.5, 0.6) is 0 Å². The molecule has 0 aromatic heterocycles. The summed E-state index contributed by atoms with van der Waals surface area (Å²) in [6.45, 7) is 19.0. The van der Waals surface area contributed by atoms with E-state index in [9.17, 15) is 4.79 Å². The molecule has 0 saturated heterocycles. The number of hydrogen-bond donors (Lipinski definition) is 0. The first kappa shape index (κ1) is 44.8. The van der Waals surface area contributed by atoms with E-state index in [0.29, 0.717) is 144 Å². The van der Waals surface area contributed by atoms with E-state index in [2.05, 4.69) is 13.5 Å². The summed E-state index contributed by atoms with van der Waals surface area (Å²) in [6.07, 6.45) is 6.26. The number of carbonyl (C=O) groups excluding carboxylic acids is 1. The van der Waals surface area contributed by atoms with Crippen molar-refractivity contribution in [3.05, 3.63) is 12.2 Å². The van der Waals surface area contributed by atoms with Gasteiger partial charge in [0.2, 0.25) is 0 Å². The van der Waals surface area contributed by atoms with Crippen molar-refractivity contribution in [3.8, 4) is 0 Å². The van der Waals surface area contributed by atoms with Crippen molar-refractivity contribution >= 4 is 5.97 Å². The molecule has 13 nitrogen and oxygen atoms in total. The molecule has 0 aliphatic carbocycles. The van der Waals surface area contributed by atoms with Crippen LogP contribution in [0.3, 0.4) is 0 Å². The third-order valence-electron chi connectivity index (χ3n) is 5.92. The van der Waals surface area contributed by atoms with Gasteiger partial charge in [0.1, 0.15) is 6.61 Å². The van der Waals surface area contributed by atoms with Crippen LogP contribution < -0.4 is 0 Å². The van der Waals surface area contributed by atoms with Gasteiger partial charge < -0.3 is 56.8 Å². The zero-order valence-electron chi connectivity index (χ0n) is 28.8. The fourth-order valence-corrected chi connectivity index (χ4v) is 3.43. The van der Waals surface area contributed by atoms with Crippen molar-refractivity contribution in [3.63, 3.8) is 0 Å². The molecular weight excluding hydrogens is 604 g/mol. The van der Waals surface area contributed by atoms with Gasteiger partial charge in [0.15, 0.2) is 0 Å². The standard InChI is InChI=1S/C33H64O13/c1-4-5-6-7-8-9-35-10-11-36-12-13-37-14-15-38-16-17-39-18-19-40-20-21-41-22-23-42-24-25-43-26-27-44-28-29-45-30-31-46-33(34)32(2)3/h2,4-31H2,1,3H3. The van der Waals surface area contributed by atoms with Gasteiger partial charge in [-0.1, -0.05) is 39.2 Å². The van der Waals surface area contributed by atoms with Crippen molar-refractivity contribution in [2.45, 2.75) is 46.0 Å². The van der Waals surface area contributed by atoms with E-state index < -0.39 is 5.97 Å². The maximum Gasteiger partial charge on any atom is 0.333 e. The molecule has 0 aromatic carbocycles. The summed E-state index contributed by atoms with van der Waals surface area (Å²) in [6, 6.07) is 0. The molecule has 0 heterocycles. The van der Waals surface area contributed by atoms with Crippen LogP contribution in [-0.2, 0) is 61.6 Å². The minimum absolute atomic E-state index is 0.201. The topological polar surface area (TPSA) is 128 Å². The van der Waals surface area contributed by atoms with Crippen LogP contribution in [0.25, 0.3) is 0 Å². The predicted molar refractivity (Wildman–Crippen MR) is 174 cm³/mol. The highest BCUT2D eigenvalue weighted by Gasteiger charge is 2.02. The Morgan fingerprint density at radius 3 is 0.870 bits per heavy atom. The van der Waals surface area contributed by atoms with Crippen molar-refractivity contribution in [1.82, 2.24) is 0 Å². The van der Waals surface area contributed by atoms with E-state index in [-0.39, 0.29) is 6.61 Å². The predicted octanol–water partition coefficient (Wildman–Crippen LogP) is 3.26. The van der Waals surface area contributed by atoms with Crippen molar-refractivity contribution in [2.75, 3.05) is 152 Å². The lowest BCUT2D eigenvalue weighted by Gasteiger charge is -2.09. The Bertz CT molecular complexity index is 624. The number of rotatable bonds is 40. The minimum Gasteiger partial charge on any atom is -0.460 e. The Balaban J connectivity index is 3.06. The molecule has 0 fully saturated rings. The Labute approximate surface area is 277 Å². The number of esters is 1. The monoisotopic (exact) mass is 668 g/mol. The number of carbonyl (C=O) groups is 1. The first-order valence-electron chi connectivity index (χ1n) is 16.9. The lowest BCUT2D eigenvalue weighted by atomic mass is 10.2. The van der Waals surface area contributed by atoms with Gasteiger partial charge in [-0.25, -0.2) is 4.79 Å². The van der Waals surface area contributed by atoms with Gasteiger partial charge in [0.05, 0.1) is 139 Å². The first-order chi connectivity index (χ1) is 22.7. The maximum absolute atomic E-state index is 11.2. The number of unbranched alkanes of at least 4 members (excludes halogenated alkanes) is 4. The second kappa shape index (κ2) is 39.9. The molecule has 0 atom stereocenters. The van der Waals surface area contributed by atoms with E-state index in [1.807, 2.05) is 0 Å². The van der Waals surface area contributed by atoms with Crippen molar-refractivity contribution < 1.29 is 61.6 Å². The SMILES string of the molecule is C=C(C)C(=O)OCCOCCOCCOCCOCCOCCOCCOCCOCCOCCOCCOCCCCCCC. The highest BCUT2D eigenvalue weighted by atomic mass is 16.6. The van der Waals surface area contributed by atoms with Crippen LogP contribution in [-0.4, -0.2) is 158 Å². The Morgan fingerprint density at radius 2 is 0.609 bits per heavy atom. The van der Waals surface area contributed by atoms with Gasteiger partial charge in [-0.05, 0) is 13.3 Å². The summed E-state index contributed by atoms with van der Waals surface area (Å²) < 4.78 is 65.0. The van der Waals surface area contributed by atoms with E-state index in [1.165, 1.54) is 25.7 Å². The molecule has 0 aliphatic rings. The molecule has 0 bridgehead atoms. The summed E-state index contributed by atoms with van der Waals surface area (Å²) in [7, 11) is 0. The summed E-state index contributed by atoms with van der Waals surface area (Å²) in [4.78, 5) is 11.2. The van der Waals surface area contributed by atoms with E-state index in [0.717, 1.165) is 13.0 Å². The average Bonchev–Trinajstić information content (AvgIpc) is 3.05. The molecule has 0 amide bonds. The van der Waals surface area contributed by atoms with E-state index in [4.69, 9.17) is 56.8 Å². The molecule has 0 radical (unpaired) electrons. The Morgan fingerprint density at radius 1 is 0.370 bits per heavy atom. The summed E-state index contributed by atoms with van der Waals surface area (Å²) in [5, 5.41) is 0. The van der Waals surface area contributed by atoms with Crippen LogP contribution in [0.1, 0.15) is 46.0 Å². The van der Waals surface area contributed by atoms with Gasteiger partial charge in [0, 0.05) is 12.2 Å². The Kier molecular flexibility index (Phi) is 38.9. The third kappa shape index (κ3) is 39.0. The van der Waals surface area contributed by atoms with E-state index in [1.54, 1.807) is 6.92 Å². The third-order valence-corrected chi connectivity index (χ3v) is 5.92. The van der Waals surface area contributed by atoms with Crippen LogP contribution >= 0.6 is 0 Å². The van der Waals surface area contributed by atoms with Gasteiger partial charge in [-0.2, -0.15) is 0 Å². The number of ether oxygens (including phenoxy) is 12. The maximum atomic E-state index is 11.2. The zero-order chi connectivity index (χ0) is 33.4. The van der Waals surface area contributed by atoms with Gasteiger partial charge in [-0.15, -0.1) is 0 Å². The molecule has 0 spiro atoms. The molecule has 0 N–H and O–H groups in total. The molecule has 0 aliphatic heterocycles. The number of hydrogen-bond acceptors (Lipinski definition) is 13. The molecule has 274 valence electrons. The average molecular weight is 669 g/mol. The van der Waals surface area contributed by atoms with Gasteiger partial charge in [0.25, 0.3) is 0 Å². The summed E-state index contributed by atoms with van der Waals surface area (Å²) in [5.74, 6) is -0.411. The molecule has 46 heavy (non-hydrogen) atoms. The van der Waals surface area contributed by atoms with Crippen LogP contribution in [0.4, 0.5) is 0 Å². The quantitative estimate of drug-likeness (QED) is 0.0539. The molecule has 0 saturated carbocycles. The van der Waals surface area contributed by atoms with Crippen LogP contribution in [0.15, 0.2) is 12.2 Å². The van der Waals surface area contributed by atoms with Crippen LogP contribution in [0, 0.1) is 0 Å². The smallest absolute Gasteiger partial charge is 0.333 e. The lowest BCUT2D eigenvalue weighted by molar-refractivity contribution is -0.140. The highest BCUT2D eigenvalue weighted by Crippen LogP contribution is 2.02. The first-order valence-corrected chi connectivity index (χ1v) is 16.9. The van der Waals surface area contributed by atoms with Gasteiger partial charge >= 0.3 is 5.97 Å². The molecular formula is C33H64O13. The minimum atomic E-state index is -0.411. The van der Waals surface area contributed by atoms with Gasteiger partial charge in [-0.3, -0.25) is 0 Å². The second-order valence-corrected chi connectivity index (χ2v) is 10.1. The normalized spacial score (nSPS) is 11.3. The van der Waals surface area contributed by atoms with E-state index >= 15 is 0 Å². The lowest BCUT2D eigenvalue weighted by Crippen LogP contribution is -2.15. The van der Waals surface area contributed by atoms with Crippen molar-refractivity contribution in [2.24, 2.45) is 0 Å². The molecule has 0 aromatic rings. The molecule has 0 rings (SSSR count). The van der Waals surface area contributed by atoms with Crippen LogP contribution in [0.2, 0.25) is 0 Å². The fourth-order valence-electron chi connectivity index (χ4n) is 3.43. The Hall–Kier alpha value is -1.23. The van der Waals surface area contributed by atoms with Crippen molar-refractivity contribution in [1.29, 1.82) is 0 Å².